The zero-order valence-corrected chi connectivity index (χ0v) is 14.1. The van der Waals surface area contributed by atoms with Crippen LogP contribution in [-0.4, -0.2) is 45.7 Å². The molecule has 3 N–H and O–H groups in total. The van der Waals surface area contributed by atoms with E-state index >= 15 is 0 Å². The topological polar surface area (TPSA) is 78.0 Å². The van der Waals surface area contributed by atoms with Crippen LogP contribution >= 0.6 is 11.8 Å². The van der Waals surface area contributed by atoms with Gasteiger partial charge in [0.2, 0.25) is 0 Å². The van der Waals surface area contributed by atoms with Gasteiger partial charge in [-0.15, -0.1) is 0 Å². The van der Waals surface area contributed by atoms with Gasteiger partial charge < -0.3 is 10.6 Å². The maximum atomic E-state index is 4.33. The third-order valence-electron chi connectivity index (χ3n) is 3.80. The van der Waals surface area contributed by atoms with Crippen LogP contribution in [0.5, 0.6) is 0 Å². The van der Waals surface area contributed by atoms with Crippen molar-refractivity contribution < 1.29 is 0 Å². The molecule has 1 aromatic heterocycles. The van der Waals surface area contributed by atoms with Crippen molar-refractivity contribution in [2.24, 2.45) is 4.99 Å². The number of guanidine groups is 1. The van der Waals surface area contributed by atoms with Crippen LogP contribution in [0, 0.1) is 0 Å². The Balaban J connectivity index is 1.57. The lowest BCUT2D eigenvalue weighted by atomic mass is 10.1. The molecule has 0 radical (unpaired) electrons. The quantitative estimate of drug-likeness (QED) is 0.591. The fourth-order valence-electron chi connectivity index (χ4n) is 2.60. The zero-order chi connectivity index (χ0) is 15.9. The molecule has 1 aliphatic heterocycles. The summed E-state index contributed by atoms with van der Waals surface area (Å²) in [6.45, 7) is 0.724. The van der Waals surface area contributed by atoms with E-state index in [2.05, 4.69) is 42.9 Å². The van der Waals surface area contributed by atoms with E-state index in [1.165, 1.54) is 30.5 Å². The van der Waals surface area contributed by atoms with Crippen LogP contribution in [0.2, 0.25) is 0 Å². The number of hydrogen-bond acceptors (Lipinski definition) is 4. The number of aliphatic imine (C=N–C) groups is 1. The Kier molecular flexibility index (Phi) is 5.52. The highest BCUT2D eigenvalue weighted by Gasteiger charge is 2.14. The minimum absolute atomic E-state index is 0.514. The van der Waals surface area contributed by atoms with Crippen LogP contribution in [-0.2, 0) is 6.54 Å². The Morgan fingerprint density at radius 1 is 1.48 bits per heavy atom. The molecule has 122 valence electrons. The highest BCUT2D eigenvalue weighted by Crippen LogP contribution is 2.17. The molecule has 0 bridgehead atoms. The number of hydrogen-bond donors (Lipinski definition) is 3. The lowest BCUT2D eigenvalue weighted by molar-refractivity contribution is 0.582. The number of rotatable bonds is 4. The summed E-state index contributed by atoms with van der Waals surface area (Å²) in [5, 5.41) is 13.7. The van der Waals surface area contributed by atoms with Crippen LogP contribution < -0.4 is 10.6 Å². The fourth-order valence-corrected chi connectivity index (χ4v) is 3.67. The largest absolute Gasteiger partial charge is 0.353 e. The summed E-state index contributed by atoms with van der Waals surface area (Å²) < 4.78 is 0. The Hall–Kier alpha value is -2.02. The molecule has 0 spiro atoms. The van der Waals surface area contributed by atoms with E-state index in [9.17, 15) is 0 Å². The summed E-state index contributed by atoms with van der Waals surface area (Å²) >= 11 is 2.01. The summed E-state index contributed by atoms with van der Waals surface area (Å²) in [6, 6.07) is 8.77. The maximum absolute atomic E-state index is 4.33. The summed E-state index contributed by atoms with van der Waals surface area (Å²) in [4.78, 5) is 8.52. The smallest absolute Gasteiger partial charge is 0.191 e. The van der Waals surface area contributed by atoms with Crippen LogP contribution in [0.4, 0.5) is 0 Å². The molecule has 3 rings (SSSR count). The normalized spacial score (nSPS) is 18.7. The van der Waals surface area contributed by atoms with Gasteiger partial charge in [-0.25, -0.2) is 4.98 Å². The van der Waals surface area contributed by atoms with E-state index in [0.29, 0.717) is 6.04 Å². The van der Waals surface area contributed by atoms with Gasteiger partial charge in [0, 0.05) is 31.0 Å². The number of nitrogens with one attached hydrogen (secondary N) is 3. The minimum Gasteiger partial charge on any atom is -0.353 e. The van der Waals surface area contributed by atoms with Crippen molar-refractivity contribution in [3.63, 3.8) is 0 Å². The van der Waals surface area contributed by atoms with E-state index in [-0.39, 0.29) is 0 Å². The van der Waals surface area contributed by atoms with Gasteiger partial charge in [-0.2, -0.15) is 16.9 Å². The van der Waals surface area contributed by atoms with Crippen molar-refractivity contribution >= 4 is 17.7 Å². The first kappa shape index (κ1) is 15.9. The van der Waals surface area contributed by atoms with Crippen molar-refractivity contribution in [3.8, 4) is 11.4 Å². The molecule has 1 aromatic carbocycles. The van der Waals surface area contributed by atoms with Crippen LogP contribution in [0.1, 0.15) is 18.4 Å². The first-order valence-corrected chi connectivity index (χ1v) is 9.00. The van der Waals surface area contributed by atoms with Crippen LogP contribution in [0.3, 0.4) is 0 Å². The Bertz CT molecular complexity index is 634. The highest BCUT2D eigenvalue weighted by atomic mass is 32.2. The molecule has 0 saturated carbocycles. The van der Waals surface area contributed by atoms with Gasteiger partial charge in [-0.05, 0) is 30.2 Å². The van der Waals surface area contributed by atoms with E-state index in [1.54, 1.807) is 0 Å². The molecule has 1 atom stereocenters. The molecule has 1 aliphatic rings. The zero-order valence-electron chi connectivity index (χ0n) is 13.2. The molecule has 23 heavy (non-hydrogen) atoms. The number of thioether (sulfide) groups is 1. The molecular formula is C16H22N6S. The average molecular weight is 330 g/mol. The van der Waals surface area contributed by atoms with Crippen LogP contribution in [0.15, 0.2) is 35.6 Å². The lowest BCUT2D eigenvalue weighted by Crippen LogP contribution is -2.45. The monoisotopic (exact) mass is 330 g/mol. The number of nitrogens with zero attached hydrogens (tertiary/aromatic N) is 3. The van der Waals surface area contributed by atoms with Crippen molar-refractivity contribution in [1.29, 1.82) is 0 Å². The molecule has 0 aliphatic carbocycles. The van der Waals surface area contributed by atoms with E-state index in [0.717, 1.165) is 29.6 Å². The standard InChI is InChI=1S/C16H22N6S/c1-17-16(21-14-6-3-7-23-10-14)18-9-12-4-2-5-13(8-12)15-19-11-20-22-15/h2,4-5,8,11,14H,3,6-7,9-10H2,1H3,(H2,17,18,21)(H,19,20,22). The van der Waals surface area contributed by atoms with Crippen molar-refractivity contribution in [3.05, 3.63) is 36.2 Å². The van der Waals surface area contributed by atoms with Gasteiger partial charge in [0.25, 0.3) is 0 Å². The van der Waals surface area contributed by atoms with E-state index in [1.807, 2.05) is 30.9 Å². The molecule has 1 unspecified atom stereocenters. The van der Waals surface area contributed by atoms with Crippen molar-refractivity contribution in [1.82, 2.24) is 25.8 Å². The highest BCUT2D eigenvalue weighted by molar-refractivity contribution is 7.99. The SMILES string of the molecule is CN=C(NCc1cccc(-c2ncn[nH]2)c1)NC1CCCSC1. The first-order valence-electron chi connectivity index (χ1n) is 7.85. The lowest BCUT2D eigenvalue weighted by Gasteiger charge is -2.24. The molecule has 6 nitrogen and oxygen atoms in total. The van der Waals surface area contributed by atoms with E-state index < -0.39 is 0 Å². The van der Waals surface area contributed by atoms with Gasteiger partial charge in [0.1, 0.15) is 6.33 Å². The number of aromatic nitrogens is 3. The number of H-pyrrole nitrogens is 1. The average Bonchev–Trinajstić information content (AvgIpc) is 3.14. The number of aromatic amines is 1. The van der Waals surface area contributed by atoms with Crippen molar-refractivity contribution in [2.45, 2.75) is 25.4 Å². The minimum atomic E-state index is 0.514. The summed E-state index contributed by atoms with van der Waals surface area (Å²) in [7, 11) is 1.82. The molecular weight excluding hydrogens is 308 g/mol. The predicted octanol–water partition coefficient (Wildman–Crippen LogP) is 2.03. The Morgan fingerprint density at radius 3 is 3.17 bits per heavy atom. The number of benzene rings is 1. The molecule has 7 heteroatoms. The van der Waals surface area contributed by atoms with Gasteiger partial charge in [-0.3, -0.25) is 10.1 Å². The van der Waals surface area contributed by atoms with Gasteiger partial charge in [-0.1, -0.05) is 18.2 Å². The van der Waals surface area contributed by atoms with Gasteiger partial charge >= 0.3 is 0 Å². The predicted molar refractivity (Wildman–Crippen MR) is 95.5 cm³/mol. The summed E-state index contributed by atoms with van der Waals surface area (Å²) in [6.07, 6.45) is 4.02. The Morgan fingerprint density at radius 2 is 2.43 bits per heavy atom. The summed E-state index contributed by atoms with van der Waals surface area (Å²) in [5.41, 5.74) is 2.22. The molecule has 2 heterocycles. The molecule has 1 fully saturated rings. The van der Waals surface area contributed by atoms with Gasteiger partial charge in [0.15, 0.2) is 11.8 Å². The van der Waals surface area contributed by atoms with E-state index in [4.69, 9.17) is 0 Å². The second kappa shape index (κ2) is 8.01. The third-order valence-corrected chi connectivity index (χ3v) is 5.02. The van der Waals surface area contributed by atoms with Crippen molar-refractivity contribution in [2.75, 3.05) is 18.6 Å². The Labute approximate surface area is 140 Å². The van der Waals surface area contributed by atoms with Gasteiger partial charge in [0.05, 0.1) is 0 Å². The first-order chi connectivity index (χ1) is 11.3. The fraction of sp³-hybridized carbons (Fsp3) is 0.438. The second-order valence-electron chi connectivity index (χ2n) is 5.52. The molecule has 0 amide bonds. The molecule has 1 saturated heterocycles. The second-order valence-corrected chi connectivity index (χ2v) is 6.67. The third kappa shape index (κ3) is 4.48. The summed E-state index contributed by atoms with van der Waals surface area (Å²) in [5.74, 6) is 4.08. The van der Waals surface area contributed by atoms with Crippen LogP contribution in [0.25, 0.3) is 11.4 Å². The maximum Gasteiger partial charge on any atom is 0.191 e. The molecule has 2 aromatic rings.